The number of hydrogen-bond acceptors (Lipinski definition) is 4. The molecule has 0 saturated heterocycles. The van der Waals surface area contributed by atoms with E-state index in [9.17, 15) is 0 Å². The van der Waals surface area contributed by atoms with Gasteiger partial charge in [-0.25, -0.2) is 0 Å². The topological polar surface area (TPSA) is 18.5 Å². The highest BCUT2D eigenvalue weighted by atomic mass is 32.2. The van der Waals surface area contributed by atoms with Crippen LogP contribution < -0.4 is 9.44 Å². The van der Waals surface area contributed by atoms with Crippen molar-refractivity contribution in [2.45, 2.75) is 64.8 Å². The zero-order chi connectivity index (χ0) is 20.9. The Morgan fingerprint density at radius 3 is 2.34 bits per heavy atom. The predicted octanol–water partition coefficient (Wildman–Crippen LogP) is 6.62. The maximum atomic E-state index is 3.84. The van der Waals surface area contributed by atoms with Gasteiger partial charge in [0.15, 0.2) is 0 Å². The number of nitrogens with one attached hydrogen (secondary N) is 1. The molecule has 0 spiro atoms. The second-order valence-corrected chi connectivity index (χ2v) is 10.2. The van der Waals surface area contributed by atoms with E-state index in [1.54, 1.807) is 0 Å². The van der Waals surface area contributed by atoms with Gasteiger partial charge in [-0.1, -0.05) is 81.4 Å². The normalized spacial score (nSPS) is 17.2. The van der Waals surface area contributed by atoms with Crippen LogP contribution in [0.2, 0.25) is 13.6 Å². The van der Waals surface area contributed by atoms with Gasteiger partial charge in [0.05, 0.1) is 4.75 Å². The second-order valence-electron chi connectivity index (χ2n) is 8.56. The molecule has 0 amide bonds. The zero-order valence-corrected chi connectivity index (χ0v) is 19.5. The molecule has 0 aliphatic carbocycles. The van der Waals surface area contributed by atoms with E-state index in [0.717, 1.165) is 6.54 Å². The lowest BCUT2D eigenvalue weighted by Crippen LogP contribution is -2.57. The highest BCUT2D eigenvalue weighted by Crippen LogP contribution is 2.44. The Labute approximate surface area is 183 Å². The van der Waals surface area contributed by atoms with Gasteiger partial charge in [-0.2, -0.15) is 0 Å². The molecule has 1 N–H and O–H groups in total. The van der Waals surface area contributed by atoms with Gasteiger partial charge < -0.3 is 14.2 Å². The average molecular weight is 407 g/mol. The Morgan fingerprint density at radius 1 is 0.931 bits per heavy atom. The molecule has 0 aromatic heterocycles. The highest BCUT2D eigenvalue weighted by Gasteiger charge is 2.39. The van der Waals surface area contributed by atoms with Crippen molar-refractivity contribution < 1.29 is 0 Å². The van der Waals surface area contributed by atoms with Gasteiger partial charge >= 0.3 is 14.0 Å². The van der Waals surface area contributed by atoms with Crippen LogP contribution in [0.25, 0.3) is 0 Å². The third kappa shape index (κ3) is 5.35. The summed E-state index contributed by atoms with van der Waals surface area (Å²) in [5, 5.41) is 3.84. The van der Waals surface area contributed by atoms with Gasteiger partial charge in [0.1, 0.15) is 0 Å². The molecule has 1 aliphatic rings. The van der Waals surface area contributed by atoms with Gasteiger partial charge in [0.2, 0.25) is 0 Å². The highest BCUT2D eigenvalue weighted by molar-refractivity contribution is 8.03. The largest absolute Gasteiger partial charge is 0.415 e. The molecule has 29 heavy (non-hydrogen) atoms. The van der Waals surface area contributed by atoms with E-state index in [1.807, 2.05) is 11.9 Å². The van der Waals surface area contributed by atoms with Crippen molar-refractivity contribution in [3.05, 3.63) is 60.2 Å². The van der Waals surface area contributed by atoms with Gasteiger partial charge in [0.25, 0.3) is 0 Å². The molecule has 6 heteroatoms. The number of anilines is 2. The Kier molecular flexibility index (Phi) is 7.64. The minimum atomic E-state index is -0.0500. The lowest BCUT2D eigenvalue weighted by atomic mass is 9.61. The summed E-state index contributed by atoms with van der Waals surface area (Å²) in [4.78, 5) is 0. The van der Waals surface area contributed by atoms with E-state index in [1.165, 1.54) is 42.6 Å². The van der Waals surface area contributed by atoms with Gasteiger partial charge in [-0.15, -0.1) is 0 Å². The first-order valence-electron chi connectivity index (χ1n) is 11.1. The number of nitrogens with zero attached hydrogens (tertiary/aromatic N) is 2. The minimum absolute atomic E-state index is 0.0500. The van der Waals surface area contributed by atoms with Crippen LogP contribution >= 0.6 is 11.9 Å². The summed E-state index contributed by atoms with van der Waals surface area (Å²) in [6.07, 6.45) is 5.13. The second kappa shape index (κ2) is 9.99. The van der Waals surface area contributed by atoms with Crippen molar-refractivity contribution in [1.82, 2.24) is 4.72 Å². The molecule has 0 radical (unpaired) electrons. The molecular weight excluding hydrogens is 372 g/mol. The molecular formula is C23H35B2N3S. The lowest BCUT2D eigenvalue weighted by molar-refractivity contribution is 0.563. The molecule has 0 unspecified atom stereocenters. The zero-order valence-electron chi connectivity index (χ0n) is 18.7. The number of unbranched alkanes of at least 4 members (excludes halogenated alkanes) is 3. The standard InChI is InChI=1S/C23H35B2N3S/c1-6-7-8-14-19-27-24(4)26-22-18-13-12-17-21(22)23(2,3)29-28(25(27)5)20-15-10-9-11-16-20/h9-13,15-18,26H,6-8,14,19H2,1-5H3. The lowest BCUT2D eigenvalue weighted by Gasteiger charge is -2.40. The van der Waals surface area contributed by atoms with Crippen molar-refractivity contribution in [2.24, 2.45) is 0 Å². The molecule has 2 aromatic carbocycles. The van der Waals surface area contributed by atoms with Crippen molar-refractivity contribution in [2.75, 3.05) is 16.0 Å². The first-order chi connectivity index (χ1) is 13.9. The molecule has 1 heterocycles. The van der Waals surface area contributed by atoms with Crippen LogP contribution in [0.5, 0.6) is 0 Å². The number of hydrogen-bond donors (Lipinski definition) is 1. The third-order valence-corrected chi connectivity index (χ3v) is 7.25. The fraction of sp³-hybridized carbons (Fsp3) is 0.478. The van der Waals surface area contributed by atoms with Gasteiger partial charge in [0, 0.05) is 11.4 Å². The summed E-state index contributed by atoms with van der Waals surface area (Å²) in [6.45, 7) is 13.2. The number of rotatable bonds is 6. The first-order valence-corrected chi connectivity index (χ1v) is 11.9. The van der Waals surface area contributed by atoms with E-state index in [0.29, 0.717) is 0 Å². The summed E-state index contributed by atoms with van der Waals surface area (Å²) in [7, 11) is 0. The molecule has 0 saturated carbocycles. The van der Waals surface area contributed by atoms with E-state index in [2.05, 4.69) is 103 Å². The van der Waals surface area contributed by atoms with Gasteiger partial charge in [-0.3, -0.25) is 0 Å². The van der Waals surface area contributed by atoms with E-state index >= 15 is 0 Å². The van der Waals surface area contributed by atoms with Crippen LogP contribution in [0.4, 0.5) is 11.4 Å². The number of para-hydroxylation sites is 2. The smallest absolute Gasteiger partial charge is 0.340 e. The molecule has 0 bridgehead atoms. The summed E-state index contributed by atoms with van der Waals surface area (Å²) in [6, 6.07) is 19.6. The van der Waals surface area contributed by atoms with Crippen LogP contribution in [-0.4, -0.2) is 25.2 Å². The maximum Gasteiger partial charge on any atom is 0.340 e. The molecule has 0 fully saturated rings. The fourth-order valence-corrected chi connectivity index (χ4v) is 5.49. The summed E-state index contributed by atoms with van der Waals surface area (Å²) < 4.78 is 5.08. The molecule has 154 valence electrons. The first kappa shape index (κ1) is 22.2. The Morgan fingerprint density at radius 2 is 1.62 bits per heavy atom. The van der Waals surface area contributed by atoms with Crippen LogP contribution in [0, 0.1) is 0 Å². The SMILES string of the molecule is CCCCCCN1B(C)Nc2ccccc2C(C)(C)SN(c2ccccc2)B1C. The fourth-order valence-electron chi connectivity index (χ4n) is 4.22. The van der Waals surface area contributed by atoms with E-state index in [-0.39, 0.29) is 18.7 Å². The van der Waals surface area contributed by atoms with Crippen molar-refractivity contribution >= 4 is 37.3 Å². The quantitative estimate of drug-likeness (QED) is 0.329. The van der Waals surface area contributed by atoms with Crippen LogP contribution in [-0.2, 0) is 4.75 Å². The van der Waals surface area contributed by atoms with Crippen molar-refractivity contribution in [3.8, 4) is 0 Å². The molecule has 0 atom stereocenters. The summed E-state index contributed by atoms with van der Waals surface area (Å²) in [5.41, 5.74) is 3.87. The monoisotopic (exact) mass is 407 g/mol. The van der Waals surface area contributed by atoms with Crippen LogP contribution in [0.3, 0.4) is 0 Å². The molecule has 3 nitrogen and oxygen atoms in total. The molecule has 2 aromatic rings. The average Bonchev–Trinajstić information content (AvgIpc) is 2.74. The Balaban J connectivity index is 1.99. The van der Waals surface area contributed by atoms with Crippen molar-refractivity contribution in [1.29, 1.82) is 0 Å². The Hall–Kier alpha value is -1.52. The molecule has 3 rings (SSSR count). The van der Waals surface area contributed by atoms with Crippen molar-refractivity contribution in [3.63, 3.8) is 0 Å². The maximum absolute atomic E-state index is 3.84. The van der Waals surface area contributed by atoms with E-state index < -0.39 is 0 Å². The summed E-state index contributed by atoms with van der Waals surface area (Å²) >= 11 is 1.94. The van der Waals surface area contributed by atoms with Gasteiger partial charge in [-0.05, 0) is 57.4 Å². The summed E-state index contributed by atoms with van der Waals surface area (Å²) in [5.74, 6) is 0. The predicted molar refractivity (Wildman–Crippen MR) is 134 cm³/mol. The Bertz CT molecular complexity index is 772. The molecule has 1 aliphatic heterocycles. The third-order valence-electron chi connectivity index (χ3n) is 5.86. The number of fused-ring (bicyclic) bond motifs is 1. The number of benzene rings is 2. The van der Waals surface area contributed by atoms with E-state index in [4.69, 9.17) is 0 Å². The van der Waals surface area contributed by atoms with Crippen LogP contribution in [0.1, 0.15) is 52.0 Å². The van der Waals surface area contributed by atoms with Crippen LogP contribution in [0.15, 0.2) is 54.6 Å². The minimum Gasteiger partial charge on any atom is -0.415 e.